The fraction of sp³-hybridized carbons (Fsp3) is 0.381. The predicted octanol–water partition coefficient (Wildman–Crippen LogP) is 3.23. The molecule has 1 saturated heterocycles. The lowest BCUT2D eigenvalue weighted by atomic mass is 10.1. The molecular formula is C21H26N4O3. The molecule has 1 N–H and O–H groups in total. The number of non-ortho nitro benzene ring substituents is 1. The molecule has 2 aromatic rings. The Balaban J connectivity index is 1.59. The maximum Gasteiger partial charge on any atom is 0.269 e. The second kappa shape index (κ2) is 8.84. The number of hydrogen-bond acceptors (Lipinski definition) is 5. The Morgan fingerprint density at radius 1 is 1.11 bits per heavy atom. The summed E-state index contributed by atoms with van der Waals surface area (Å²) in [5, 5.41) is 13.6. The van der Waals surface area contributed by atoms with Gasteiger partial charge in [-0.1, -0.05) is 19.1 Å². The van der Waals surface area contributed by atoms with E-state index in [0.29, 0.717) is 0 Å². The Bertz CT molecular complexity index is 843. The number of hydrogen-bond donors (Lipinski definition) is 1. The van der Waals surface area contributed by atoms with Gasteiger partial charge in [0.05, 0.1) is 11.3 Å². The van der Waals surface area contributed by atoms with E-state index < -0.39 is 4.92 Å². The van der Waals surface area contributed by atoms with Crippen LogP contribution in [0, 0.1) is 17.0 Å². The molecule has 0 saturated carbocycles. The largest absolute Gasteiger partial charge is 0.369 e. The van der Waals surface area contributed by atoms with Gasteiger partial charge in [0, 0.05) is 49.7 Å². The number of anilines is 2. The summed E-state index contributed by atoms with van der Waals surface area (Å²) in [5.74, 6) is -0.138. The summed E-state index contributed by atoms with van der Waals surface area (Å²) in [6.45, 7) is 9.44. The number of carbonyl (C=O) groups excluding carboxylic acids is 1. The van der Waals surface area contributed by atoms with Crippen molar-refractivity contribution in [2.45, 2.75) is 20.3 Å². The molecule has 7 nitrogen and oxygen atoms in total. The first kappa shape index (κ1) is 19.8. The summed E-state index contributed by atoms with van der Waals surface area (Å²) in [4.78, 5) is 27.4. The van der Waals surface area contributed by atoms with Crippen LogP contribution < -0.4 is 10.2 Å². The van der Waals surface area contributed by atoms with Gasteiger partial charge >= 0.3 is 0 Å². The zero-order valence-corrected chi connectivity index (χ0v) is 16.4. The zero-order valence-electron chi connectivity index (χ0n) is 16.4. The van der Waals surface area contributed by atoms with Crippen LogP contribution in [0.3, 0.4) is 0 Å². The molecule has 2 aromatic carbocycles. The molecule has 0 aliphatic carbocycles. The first-order chi connectivity index (χ1) is 13.5. The van der Waals surface area contributed by atoms with Gasteiger partial charge in [-0.15, -0.1) is 0 Å². The molecule has 148 valence electrons. The highest BCUT2D eigenvalue weighted by molar-refractivity contribution is 5.93. The minimum Gasteiger partial charge on any atom is -0.369 e. The van der Waals surface area contributed by atoms with E-state index in [9.17, 15) is 14.9 Å². The fourth-order valence-corrected chi connectivity index (χ4v) is 3.42. The Kier molecular flexibility index (Phi) is 6.26. The van der Waals surface area contributed by atoms with Gasteiger partial charge in [-0.3, -0.25) is 14.9 Å². The molecule has 0 radical (unpaired) electrons. The van der Waals surface area contributed by atoms with Crippen LogP contribution in [0.1, 0.15) is 18.1 Å². The van der Waals surface area contributed by atoms with Crippen LogP contribution in [0.5, 0.6) is 0 Å². The number of rotatable bonds is 6. The molecule has 3 rings (SSSR count). The van der Waals surface area contributed by atoms with Crippen LogP contribution in [0.4, 0.5) is 17.1 Å². The Morgan fingerprint density at radius 3 is 2.36 bits per heavy atom. The molecule has 0 atom stereocenters. The maximum absolute atomic E-state index is 12.3. The summed E-state index contributed by atoms with van der Waals surface area (Å²) >= 11 is 0. The van der Waals surface area contributed by atoms with Gasteiger partial charge in [0.2, 0.25) is 5.91 Å². The van der Waals surface area contributed by atoms with E-state index >= 15 is 0 Å². The topological polar surface area (TPSA) is 78.7 Å². The first-order valence-corrected chi connectivity index (χ1v) is 9.57. The van der Waals surface area contributed by atoms with Crippen LogP contribution in [0.15, 0.2) is 42.5 Å². The van der Waals surface area contributed by atoms with Crippen molar-refractivity contribution in [1.82, 2.24) is 4.90 Å². The summed E-state index contributed by atoms with van der Waals surface area (Å²) in [7, 11) is 0. The molecule has 1 amide bonds. The number of nitro benzene ring substituents is 1. The predicted molar refractivity (Wildman–Crippen MR) is 111 cm³/mol. The lowest BCUT2D eigenvalue weighted by molar-refractivity contribution is -0.384. The second-order valence-electron chi connectivity index (χ2n) is 7.07. The molecule has 0 bridgehead atoms. The SMILES string of the molecule is CCN1CCN(c2ccc(NC(=O)Cc3ccc([N+](=O)[O-])cc3)c(C)c2)CC1. The van der Waals surface area contributed by atoms with Crippen molar-refractivity contribution in [2.75, 3.05) is 42.9 Å². The van der Waals surface area contributed by atoms with Crippen LogP contribution in [-0.4, -0.2) is 48.5 Å². The lowest BCUT2D eigenvalue weighted by Crippen LogP contribution is -2.46. The Labute approximate surface area is 165 Å². The van der Waals surface area contributed by atoms with E-state index in [1.165, 1.54) is 17.8 Å². The standard InChI is InChI=1S/C21H26N4O3/c1-3-23-10-12-24(13-11-23)19-8-9-20(16(2)14-19)22-21(26)15-17-4-6-18(7-5-17)25(27)28/h4-9,14H,3,10-13,15H2,1-2H3,(H,22,26). The summed E-state index contributed by atoms with van der Waals surface area (Å²) < 4.78 is 0. The third-order valence-electron chi connectivity index (χ3n) is 5.18. The monoisotopic (exact) mass is 382 g/mol. The van der Waals surface area contributed by atoms with Crippen LogP contribution in [0.2, 0.25) is 0 Å². The number of benzene rings is 2. The van der Waals surface area contributed by atoms with Crippen LogP contribution >= 0.6 is 0 Å². The average molecular weight is 382 g/mol. The normalized spacial score (nSPS) is 14.7. The zero-order chi connectivity index (χ0) is 20.1. The molecule has 28 heavy (non-hydrogen) atoms. The maximum atomic E-state index is 12.3. The number of aryl methyl sites for hydroxylation is 1. The third-order valence-corrected chi connectivity index (χ3v) is 5.18. The van der Waals surface area contributed by atoms with Gasteiger partial charge in [0.1, 0.15) is 0 Å². The molecule has 1 heterocycles. The Hall–Kier alpha value is -2.93. The van der Waals surface area contributed by atoms with Crippen molar-refractivity contribution in [1.29, 1.82) is 0 Å². The first-order valence-electron chi connectivity index (χ1n) is 9.57. The third kappa shape index (κ3) is 4.86. The molecule has 1 fully saturated rings. The van der Waals surface area contributed by atoms with Gasteiger partial charge in [-0.05, 0) is 42.8 Å². The van der Waals surface area contributed by atoms with Crippen molar-refractivity contribution >= 4 is 23.0 Å². The highest BCUT2D eigenvalue weighted by Gasteiger charge is 2.16. The molecule has 1 aliphatic heterocycles. The van der Waals surface area contributed by atoms with Crippen LogP contribution in [-0.2, 0) is 11.2 Å². The van der Waals surface area contributed by atoms with E-state index in [4.69, 9.17) is 0 Å². The second-order valence-corrected chi connectivity index (χ2v) is 7.07. The number of nitro groups is 1. The van der Waals surface area contributed by atoms with E-state index in [-0.39, 0.29) is 18.0 Å². The lowest BCUT2D eigenvalue weighted by Gasteiger charge is -2.35. The van der Waals surface area contributed by atoms with Crippen molar-refractivity contribution in [3.8, 4) is 0 Å². The van der Waals surface area contributed by atoms with Crippen molar-refractivity contribution in [2.24, 2.45) is 0 Å². The van der Waals surface area contributed by atoms with Gasteiger partial charge in [0.25, 0.3) is 5.69 Å². The number of likely N-dealkylation sites (N-methyl/N-ethyl adjacent to an activating group) is 1. The highest BCUT2D eigenvalue weighted by atomic mass is 16.6. The molecule has 7 heteroatoms. The average Bonchev–Trinajstić information content (AvgIpc) is 2.70. The summed E-state index contributed by atoms with van der Waals surface area (Å²) in [6, 6.07) is 12.2. The molecular weight excluding hydrogens is 356 g/mol. The number of carbonyl (C=O) groups is 1. The number of nitrogens with one attached hydrogen (secondary N) is 1. The van der Waals surface area contributed by atoms with E-state index in [1.807, 2.05) is 13.0 Å². The number of amides is 1. The molecule has 1 aliphatic rings. The van der Waals surface area contributed by atoms with Crippen molar-refractivity contribution in [3.63, 3.8) is 0 Å². The van der Waals surface area contributed by atoms with Gasteiger partial charge in [-0.25, -0.2) is 0 Å². The highest BCUT2D eigenvalue weighted by Crippen LogP contribution is 2.24. The number of piperazine rings is 1. The minimum absolute atomic E-state index is 0.0235. The number of nitrogens with zero attached hydrogens (tertiary/aromatic N) is 3. The minimum atomic E-state index is -0.448. The van der Waals surface area contributed by atoms with Gasteiger partial charge < -0.3 is 15.1 Å². The van der Waals surface area contributed by atoms with E-state index in [1.54, 1.807) is 12.1 Å². The van der Waals surface area contributed by atoms with Crippen molar-refractivity contribution in [3.05, 3.63) is 63.7 Å². The smallest absolute Gasteiger partial charge is 0.269 e. The van der Waals surface area contributed by atoms with Gasteiger partial charge in [-0.2, -0.15) is 0 Å². The summed E-state index contributed by atoms with van der Waals surface area (Å²) in [6.07, 6.45) is 0.179. The fourth-order valence-electron chi connectivity index (χ4n) is 3.42. The Morgan fingerprint density at radius 2 is 1.79 bits per heavy atom. The van der Waals surface area contributed by atoms with E-state index in [2.05, 4.69) is 34.2 Å². The van der Waals surface area contributed by atoms with Crippen molar-refractivity contribution < 1.29 is 9.72 Å². The molecule has 0 aromatic heterocycles. The van der Waals surface area contributed by atoms with E-state index in [0.717, 1.165) is 49.5 Å². The van der Waals surface area contributed by atoms with Gasteiger partial charge in [0.15, 0.2) is 0 Å². The quantitative estimate of drug-likeness (QED) is 0.613. The molecule has 0 unspecified atom stereocenters. The summed E-state index contributed by atoms with van der Waals surface area (Å²) in [5.41, 5.74) is 3.76. The molecule has 0 spiro atoms. The van der Waals surface area contributed by atoms with Crippen LogP contribution in [0.25, 0.3) is 0 Å².